The van der Waals surface area contributed by atoms with Crippen LogP contribution in [0.15, 0.2) is 18.2 Å². The number of benzene rings is 1. The average Bonchev–Trinajstić information content (AvgIpc) is 3.18. The Morgan fingerprint density at radius 2 is 1.89 bits per heavy atom. The highest BCUT2D eigenvalue weighted by Gasteiger charge is 2.15. The van der Waals surface area contributed by atoms with Gasteiger partial charge < -0.3 is 20.2 Å². The van der Waals surface area contributed by atoms with Crippen LogP contribution in [0, 0.1) is 20.8 Å². The maximum absolute atomic E-state index is 6.51. The molecule has 4 rings (SSSR count). The molecule has 0 atom stereocenters. The molecule has 3 heterocycles. The first-order valence-corrected chi connectivity index (χ1v) is 9.77. The second-order valence-corrected chi connectivity index (χ2v) is 7.91. The van der Waals surface area contributed by atoms with E-state index in [0.29, 0.717) is 5.95 Å². The number of halogens is 1. The van der Waals surface area contributed by atoms with Gasteiger partial charge in [-0.15, -0.1) is 0 Å². The molecule has 3 N–H and O–H groups in total. The van der Waals surface area contributed by atoms with Crippen molar-refractivity contribution in [1.29, 1.82) is 0 Å². The summed E-state index contributed by atoms with van der Waals surface area (Å²) in [4.78, 5) is 18.0. The van der Waals surface area contributed by atoms with Crippen LogP contribution >= 0.6 is 11.6 Å². The number of aromatic nitrogens is 4. The highest BCUT2D eigenvalue weighted by molar-refractivity contribution is 6.35. The smallest absolute Gasteiger partial charge is 0.228 e. The van der Waals surface area contributed by atoms with Gasteiger partial charge in [0, 0.05) is 37.4 Å². The fourth-order valence-corrected chi connectivity index (χ4v) is 3.94. The summed E-state index contributed by atoms with van der Waals surface area (Å²) in [5.74, 6) is 1.52. The molecule has 0 aliphatic heterocycles. The minimum atomic E-state index is 0.679. The predicted molar refractivity (Wildman–Crippen MR) is 118 cm³/mol. The summed E-state index contributed by atoms with van der Waals surface area (Å²) < 4.78 is 0. The van der Waals surface area contributed by atoms with Gasteiger partial charge in [0.25, 0.3) is 0 Å². The van der Waals surface area contributed by atoms with Gasteiger partial charge >= 0.3 is 0 Å². The normalized spacial score (nSPS) is 11.5. The third-order valence-electron chi connectivity index (χ3n) is 5.11. The summed E-state index contributed by atoms with van der Waals surface area (Å²) in [5, 5.41) is 6.43. The highest BCUT2D eigenvalue weighted by atomic mass is 35.5. The second kappa shape index (κ2) is 7.02. The quantitative estimate of drug-likeness (QED) is 0.455. The summed E-state index contributed by atoms with van der Waals surface area (Å²) in [6.45, 7) is 6.99. The van der Waals surface area contributed by atoms with Crippen LogP contribution in [0.25, 0.3) is 21.9 Å². The molecule has 0 aliphatic rings. The molecule has 1 aromatic carbocycles. The Labute approximate surface area is 169 Å². The molecule has 0 amide bonds. The molecule has 4 aromatic rings. The van der Waals surface area contributed by atoms with E-state index in [4.69, 9.17) is 16.6 Å². The monoisotopic (exact) mass is 396 g/mol. The van der Waals surface area contributed by atoms with Gasteiger partial charge in [-0.25, -0.2) is 0 Å². The Kier molecular flexibility index (Phi) is 4.67. The van der Waals surface area contributed by atoms with Crippen LogP contribution in [-0.2, 0) is 6.42 Å². The molecule has 0 aliphatic carbocycles. The fraction of sp³-hybridized carbons (Fsp3) is 0.333. The lowest BCUT2D eigenvalue weighted by molar-refractivity contribution is 0.977. The lowest BCUT2D eigenvalue weighted by Gasteiger charge is -2.13. The number of H-pyrrole nitrogens is 2. The maximum Gasteiger partial charge on any atom is 0.228 e. The second-order valence-electron chi connectivity index (χ2n) is 7.50. The van der Waals surface area contributed by atoms with Crippen molar-refractivity contribution >= 4 is 45.3 Å². The van der Waals surface area contributed by atoms with Gasteiger partial charge in [-0.05, 0) is 50.5 Å². The Morgan fingerprint density at radius 1 is 1.11 bits per heavy atom. The number of hydrogen-bond donors (Lipinski definition) is 3. The van der Waals surface area contributed by atoms with E-state index in [1.54, 1.807) is 0 Å². The number of hydrogen-bond acceptors (Lipinski definition) is 4. The molecule has 0 unspecified atom stereocenters. The summed E-state index contributed by atoms with van der Waals surface area (Å²) in [6, 6.07) is 6.11. The number of nitrogens with one attached hydrogen (secondary N) is 3. The Hall–Kier alpha value is -2.73. The molecule has 146 valence electrons. The van der Waals surface area contributed by atoms with E-state index in [2.05, 4.69) is 46.2 Å². The number of anilines is 2. The van der Waals surface area contributed by atoms with E-state index < -0.39 is 0 Å². The van der Waals surface area contributed by atoms with Crippen LogP contribution < -0.4 is 10.2 Å². The Bertz CT molecular complexity index is 1170. The average molecular weight is 397 g/mol. The van der Waals surface area contributed by atoms with Crippen LogP contribution in [0.3, 0.4) is 0 Å². The number of fused-ring (bicyclic) bond motifs is 2. The van der Waals surface area contributed by atoms with Crippen molar-refractivity contribution in [1.82, 2.24) is 19.9 Å². The van der Waals surface area contributed by atoms with E-state index in [0.717, 1.165) is 57.1 Å². The third kappa shape index (κ3) is 3.18. The minimum Gasteiger partial charge on any atom is -0.369 e. The van der Waals surface area contributed by atoms with Gasteiger partial charge in [0.1, 0.15) is 11.5 Å². The standard InChI is InChI=1S/C21H25ClN6/c1-11-6-7-16(22)17-14(13(3)25-18(11)17)8-9-23-19-15-10-12(2)24-20(15)27-21(26-19)28(4)5/h6-7,10,25H,8-9H2,1-5H3,(H2,23,24,26,27). The first-order valence-electron chi connectivity index (χ1n) is 9.40. The number of rotatable bonds is 5. The molecule has 6 nitrogen and oxygen atoms in total. The lowest BCUT2D eigenvalue weighted by atomic mass is 10.1. The molecular weight excluding hydrogens is 372 g/mol. The number of aryl methyl sites for hydroxylation is 3. The van der Waals surface area contributed by atoms with E-state index in [1.807, 2.05) is 32.0 Å². The molecule has 3 aromatic heterocycles. The molecule has 0 radical (unpaired) electrons. The van der Waals surface area contributed by atoms with Crippen molar-refractivity contribution in [3.8, 4) is 0 Å². The van der Waals surface area contributed by atoms with Gasteiger partial charge in [0.2, 0.25) is 5.95 Å². The van der Waals surface area contributed by atoms with Crippen LogP contribution in [0.2, 0.25) is 5.02 Å². The molecule has 0 saturated heterocycles. The first kappa shape index (κ1) is 18.6. The number of nitrogens with zero attached hydrogens (tertiary/aromatic N) is 3. The fourth-order valence-electron chi connectivity index (χ4n) is 3.67. The van der Waals surface area contributed by atoms with E-state index in [1.165, 1.54) is 11.1 Å². The van der Waals surface area contributed by atoms with Crippen LogP contribution in [0.1, 0.15) is 22.5 Å². The van der Waals surface area contributed by atoms with E-state index in [9.17, 15) is 0 Å². The van der Waals surface area contributed by atoms with Crippen LogP contribution in [-0.4, -0.2) is 40.6 Å². The predicted octanol–water partition coefficient (Wildman–Crippen LogP) is 4.74. The zero-order chi connectivity index (χ0) is 20.0. The van der Waals surface area contributed by atoms with Crippen LogP contribution in [0.4, 0.5) is 11.8 Å². The van der Waals surface area contributed by atoms with E-state index in [-0.39, 0.29) is 0 Å². The zero-order valence-corrected chi connectivity index (χ0v) is 17.6. The van der Waals surface area contributed by atoms with Crippen molar-refractivity contribution < 1.29 is 0 Å². The van der Waals surface area contributed by atoms with E-state index >= 15 is 0 Å². The Morgan fingerprint density at radius 3 is 2.64 bits per heavy atom. The molecular formula is C21H25ClN6. The Balaban J connectivity index is 1.64. The molecule has 0 bridgehead atoms. The largest absolute Gasteiger partial charge is 0.369 e. The third-order valence-corrected chi connectivity index (χ3v) is 5.42. The summed E-state index contributed by atoms with van der Waals surface area (Å²) >= 11 is 6.51. The molecule has 28 heavy (non-hydrogen) atoms. The molecule has 0 saturated carbocycles. The molecule has 0 fully saturated rings. The van der Waals surface area contributed by atoms with Gasteiger partial charge in [-0.3, -0.25) is 0 Å². The highest BCUT2D eigenvalue weighted by Crippen LogP contribution is 2.32. The SMILES string of the molecule is Cc1cc2c(NCCc3c(C)[nH]c4c(C)ccc(Cl)c34)nc(N(C)C)nc2[nH]1. The van der Waals surface area contributed by atoms with Crippen LogP contribution in [0.5, 0.6) is 0 Å². The van der Waals surface area contributed by atoms with Crippen molar-refractivity contribution in [2.45, 2.75) is 27.2 Å². The summed E-state index contributed by atoms with van der Waals surface area (Å²) in [6.07, 6.45) is 0.848. The van der Waals surface area contributed by atoms with Gasteiger partial charge in [-0.2, -0.15) is 9.97 Å². The minimum absolute atomic E-state index is 0.679. The topological polar surface area (TPSA) is 72.6 Å². The van der Waals surface area contributed by atoms with Crippen molar-refractivity contribution in [3.05, 3.63) is 45.7 Å². The lowest BCUT2D eigenvalue weighted by Crippen LogP contribution is -2.15. The van der Waals surface area contributed by atoms with Crippen molar-refractivity contribution in [2.75, 3.05) is 30.9 Å². The number of aromatic amines is 2. The zero-order valence-electron chi connectivity index (χ0n) is 16.9. The maximum atomic E-state index is 6.51. The molecule has 0 spiro atoms. The van der Waals surface area contributed by atoms with Crippen molar-refractivity contribution in [3.63, 3.8) is 0 Å². The first-order chi connectivity index (χ1) is 13.3. The van der Waals surface area contributed by atoms with Gasteiger partial charge in [-0.1, -0.05) is 17.7 Å². The van der Waals surface area contributed by atoms with Crippen molar-refractivity contribution in [2.24, 2.45) is 0 Å². The summed E-state index contributed by atoms with van der Waals surface area (Å²) in [5.41, 5.74) is 6.66. The van der Waals surface area contributed by atoms with Gasteiger partial charge in [0.05, 0.1) is 15.9 Å². The van der Waals surface area contributed by atoms with Gasteiger partial charge in [0.15, 0.2) is 0 Å². The molecule has 7 heteroatoms. The summed E-state index contributed by atoms with van der Waals surface area (Å²) in [7, 11) is 3.89.